The second-order valence-electron chi connectivity index (χ2n) is 6.08. The molecule has 1 unspecified atom stereocenters. The molecule has 3 rings (SSSR count). The highest BCUT2D eigenvalue weighted by Gasteiger charge is 2.32. The van der Waals surface area contributed by atoms with Gasteiger partial charge in [0.2, 0.25) is 10.0 Å². The Morgan fingerprint density at radius 3 is 2.70 bits per heavy atom. The maximum atomic E-state index is 12.3. The fourth-order valence-corrected chi connectivity index (χ4v) is 3.94. The molecule has 1 saturated carbocycles. The lowest BCUT2D eigenvalue weighted by atomic mass is 10.1. The van der Waals surface area contributed by atoms with Crippen LogP contribution in [0.2, 0.25) is 0 Å². The van der Waals surface area contributed by atoms with Crippen LogP contribution >= 0.6 is 12.4 Å². The number of halogens is 1. The molecular weight excluding hydrogens is 338 g/mol. The summed E-state index contributed by atoms with van der Waals surface area (Å²) < 4.78 is 24.8. The standard InChI is InChI=1S/C15H21N3O3S.ClH/c1-22(20,21)18-7-6-11-8-12(4-5-14(11)18)15(19)17-13(9-16)10-2-3-10;/h4-5,8,10,13H,2-3,6-7,9,16H2,1H3,(H,17,19);1H. The average molecular weight is 360 g/mol. The van der Waals surface area contributed by atoms with Crippen LogP contribution in [0.3, 0.4) is 0 Å². The van der Waals surface area contributed by atoms with Crippen molar-refractivity contribution < 1.29 is 13.2 Å². The van der Waals surface area contributed by atoms with Crippen molar-refractivity contribution in [3.63, 3.8) is 0 Å². The van der Waals surface area contributed by atoms with E-state index in [-0.39, 0.29) is 24.4 Å². The fourth-order valence-electron chi connectivity index (χ4n) is 2.98. The number of anilines is 1. The quantitative estimate of drug-likeness (QED) is 0.816. The number of nitrogens with one attached hydrogen (secondary N) is 1. The molecule has 0 saturated heterocycles. The van der Waals surface area contributed by atoms with Gasteiger partial charge in [0, 0.05) is 24.7 Å². The van der Waals surface area contributed by atoms with Crippen LogP contribution in [0.1, 0.15) is 28.8 Å². The van der Waals surface area contributed by atoms with Gasteiger partial charge in [0.15, 0.2) is 0 Å². The predicted octanol–water partition coefficient (Wildman–Crippen LogP) is 0.898. The first-order chi connectivity index (χ1) is 10.4. The van der Waals surface area contributed by atoms with Gasteiger partial charge in [-0.2, -0.15) is 0 Å². The van der Waals surface area contributed by atoms with Crippen LogP contribution in [0.15, 0.2) is 18.2 Å². The topological polar surface area (TPSA) is 92.5 Å². The second kappa shape index (κ2) is 6.67. The number of rotatable bonds is 5. The summed E-state index contributed by atoms with van der Waals surface area (Å²) in [5.74, 6) is 0.368. The Balaban J connectivity index is 0.00000192. The van der Waals surface area contributed by atoms with E-state index in [9.17, 15) is 13.2 Å². The number of carbonyl (C=O) groups excluding carboxylic acids is 1. The van der Waals surface area contributed by atoms with Gasteiger partial charge in [-0.25, -0.2) is 8.42 Å². The van der Waals surface area contributed by atoms with Crippen LogP contribution in [0, 0.1) is 5.92 Å². The Kier molecular flexibility index (Phi) is 5.23. The van der Waals surface area contributed by atoms with E-state index < -0.39 is 10.0 Å². The van der Waals surface area contributed by atoms with Crippen molar-refractivity contribution in [3.8, 4) is 0 Å². The Morgan fingerprint density at radius 2 is 2.13 bits per heavy atom. The van der Waals surface area contributed by atoms with E-state index in [1.807, 2.05) is 0 Å². The van der Waals surface area contributed by atoms with Gasteiger partial charge in [0.05, 0.1) is 11.9 Å². The van der Waals surface area contributed by atoms with Gasteiger partial charge >= 0.3 is 0 Å². The van der Waals surface area contributed by atoms with Gasteiger partial charge in [0.25, 0.3) is 5.91 Å². The first-order valence-electron chi connectivity index (χ1n) is 7.51. The molecule has 1 amide bonds. The van der Waals surface area contributed by atoms with E-state index in [4.69, 9.17) is 5.73 Å². The normalized spacial score (nSPS) is 18.1. The minimum atomic E-state index is -3.26. The van der Waals surface area contributed by atoms with Crippen molar-refractivity contribution in [1.82, 2.24) is 5.32 Å². The van der Waals surface area contributed by atoms with Crippen molar-refractivity contribution in [1.29, 1.82) is 0 Å². The number of hydrogen-bond acceptors (Lipinski definition) is 4. The van der Waals surface area contributed by atoms with Crippen LogP contribution in [-0.4, -0.2) is 39.7 Å². The summed E-state index contributed by atoms with van der Waals surface area (Å²) in [4.78, 5) is 12.3. The molecule has 0 bridgehead atoms. The monoisotopic (exact) mass is 359 g/mol. The second-order valence-corrected chi connectivity index (χ2v) is 7.99. The summed E-state index contributed by atoms with van der Waals surface area (Å²) in [7, 11) is -3.26. The highest BCUT2D eigenvalue weighted by Crippen LogP contribution is 2.33. The molecular formula is C15H22ClN3O3S. The zero-order valence-corrected chi connectivity index (χ0v) is 14.6. The fraction of sp³-hybridized carbons (Fsp3) is 0.533. The van der Waals surface area contributed by atoms with E-state index >= 15 is 0 Å². The van der Waals surface area contributed by atoms with Gasteiger partial charge in [0.1, 0.15) is 0 Å². The van der Waals surface area contributed by atoms with Crippen molar-refractivity contribution in [2.75, 3.05) is 23.7 Å². The lowest BCUT2D eigenvalue weighted by molar-refractivity contribution is 0.0933. The van der Waals surface area contributed by atoms with Gasteiger partial charge in [-0.3, -0.25) is 9.10 Å². The summed E-state index contributed by atoms with van der Waals surface area (Å²) in [5, 5.41) is 2.98. The predicted molar refractivity (Wildman–Crippen MR) is 92.6 cm³/mol. The third kappa shape index (κ3) is 3.79. The molecule has 1 fully saturated rings. The zero-order valence-electron chi connectivity index (χ0n) is 13.0. The molecule has 2 aliphatic rings. The van der Waals surface area contributed by atoms with Crippen LogP contribution < -0.4 is 15.4 Å². The maximum absolute atomic E-state index is 12.3. The van der Waals surface area contributed by atoms with Crippen LogP contribution in [0.5, 0.6) is 0 Å². The minimum Gasteiger partial charge on any atom is -0.348 e. The number of benzene rings is 1. The van der Waals surface area contributed by atoms with Gasteiger partial charge in [-0.1, -0.05) is 0 Å². The number of sulfonamides is 1. The molecule has 1 aliphatic heterocycles. The number of fused-ring (bicyclic) bond motifs is 1. The number of hydrogen-bond donors (Lipinski definition) is 2. The number of nitrogens with two attached hydrogens (primary N) is 1. The molecule has 6 nitrogen and oxygen atoms in total. The maximum Gasteiger partial charge on any atom is 0.251 e. The lowest BCUT2D eigenvalue weighted by Gasteiger charge is -2.18. The summed E-state index contributed by atoms with van der Waals surface area (Å²) in [6.45, 7) is 0.885. The highest BCUT2D eigenvalue weighted by molar-refractivity contribution is 7.92. The van der Waals surface area contributed by atoms with Gasteiger partial charge < -0.3 is 11.1 Å². The molecule has 3 N–H and O–H groups in total. The summed E-state index contributed by atoms with van der Waals surface area (Å²) >= 11 is 0. The summed E-state index contributed by atoms with van der Waals surface area (Å²) in [6, 6.07) is 5.22. The van der Waals surface area contributed by atoms with E-state index in [0.29, 0.717) is 36.7 Å². The summed E-state index contributed by atoms with van der Waals surface area (Å²) in [6.07, 6.45) is 4.07. The number of amides is 1. The lowest BCUT2D eigenvalue weighted by Crippen LogP contribution is -2.41. The Labute approximate surface area is 142 Å². The minimum absolute atomic E-state index is 0. The van der Waals surface area contributed by atoms with Crippen molar-refractivity contribution in [2.45, 2.75) is 25.3 Å². The number of carbonyl (C=O) groups is 1. The smallest absolute Gasteiger partial charge is 0.251 e. The molecule has 1 aromatic carbocycles. The molecule has 0 aromatic heterocycles. The van der Waals surface area contributed by atoms with Crippen LogP contribution in [-0.2, 0) is 16.4 Å². The molecule has 0 spiro atoms. The van der Waals surface area contributed by atoms with Gasteiger partial charge in [-0.05, 0) is 48.9 Å². The van der Waals surface area contributed by atoms with E-state index in [0.717, 1.165) is 18.4 Å². The highest BCUT2D eigenvalue weighted by atomic mass is 35.5. The molecule has 1 aliphatic carbocycles. The molecule has 0 radical (unpaired) electrons. The zero-order chi connectivity index (χ0) is 15.9. The van der Waals surface area contributed by atoms with Crippen LogP contribution in [0.25, 0.3) is 0 Å². The molecule has 128 valence electrons. The molecule has 1 atom stereocenters. The largest absolute Gasteiger partial charge is 0.348 e. The average Bonchev–Trinajstić information content (AvgIpc) is 3.21. The molecule has 23 heavy (non-hydrogen) atoms. The van der Waals surface area contributed by atoms with Crippen molar-refractivity contribution >= 4 is 34.0 Å². The Bertz CT molecular complexity index is 704. The first kappa shape index (κ1) is 18.0. The van der Waals surface area contributed by atoms with Crippen molar-refractivity contribution in [2.24, 2.45) is 11.7 Å². The van der Waals surface area contributed by atoms with E-state index in [1.165, 1.54) is 10.6 Å². The summed E-state index contributed by atoms with van der Waals surface area (Å²) in [5.41, 5.74) is 7.85. The van der Waals surface area contributed by atoms with Crippen LogP contribution in [0.4, 0.5) is 5.69 Å². The third-order valence-electron chi connectivity index (χ3n) is 4.36. The molecule has 8 heteroatoms. The molecule has 1 heterocycles. The van der Waals surface area contributed by atoms with Gasteiger partial charge in [-0.15, -0.1) is 12.4 Å². The van der Waals surface area contributed by atoms with Crippen molar-refractivity contribution in [3.05, 3.63) is 29.3 Å². The SMILES string of the molecule is CS(=O)(=O)N1CCc2cc(C(=O)NC(CN)C3CC3)ccc21.Cl. The Morgan fingerprint density at radius 1 is 1.43 bits per heavy atom. The first-order valence-corrected chi connectivity index (χ1v) is 9.36. The van der Waals surface area contributed by atoms with E-state index in [1.54, 1.807) is 18.2 Å². The number of nitrogens with zero attached hydrogens (tertiary/aromatic N) is 1. The third-order valence-corrected chi connectivity index (χ3v) is 5.54. The Hall–Kier alpha value is -1.31. The molecule has 1 aromatic rings. The van der Waals surface area contributed by atoms with E-state index in [2.05, 4.69) is 5.32 Å².